The van der Waals surface area contributed by atoms with Crippen LogP contribution in [0.25, 0.3) is 0 Å². The van der Waals surface area contributed by atoms with Crippen LogP contribution in [0.1, 0.15) is 51.9 Å². The monoisotopic (exact) mass is 311 g/mol. The van der Waals surface area contributed by atoms with Crippen LogP contribution in [-0.4, -0.2) is 41.1 Å². The maximum atomic E-state index is 2.59. The first-order valence-corrected chi connectivity index (χ1v) is 9.62. The van der Waals surface area contributed by atoms with Gasteiger partial charge >= 0.3 is 0 Å². The fourth-order valence-electron chi connectivity index (χ4n) is 2.10. The highest BCUT2D eigenvalue weighted by Crippen LogP contribution is 2.15. The highest BCUT2D eigenvalue weighted by atomic mass is 35.5. The summed E-state index contributed by atoms with van der Waals surface area (Å²) in [6.07, 6.45) is 9.99. The first-order valence-electron chi connectivity index (χ1n) is 7.31. The van der Waals surface area contributed by atoms with E-state index in [9.17, 15) is 0 Å². The lowest BCUT2D eigenvalue weighted by Crippen LogP contribution is -2.21. The van der Waals surface area contributed by atoms with E-state index in [1.165, 1.54) is 81.2 Å². The molecule has 0 saturated carbocycles. The number of thioether (sulfide) groups is 2. The molecule has 1 saturated heterocycles. The van der Waals surface area contributed by atoms with Crippen molar-refractivity contribution in [2.45, 2.75) is 51.9 Å². The van der Waals surface area contributed by atoms with Gasteiger partial charge in [0.2, 0.25) is 0 Å². The van der Waals surface area contributed by atoms with Gasteiger partial charge in [-0.2, -0.15) is 11.8 Å². The van der Waals surface area contributed by atoms with Gasteiger partial charge in [0, 0.05) is 18.2 Å². The zero-order valence-electron chi connectivity index (χ0n) is 11.9. The number of nitrogens with zero attached hydrogens (tertiary/aromatic N) is 1. The summed E-state index contributed by atoms with van der Waals surface area (Å²) >= 11 is 4.25. The predicted octanol–water partition coefficient (Wildman–Crippen LogP) is 4.90. The topological polar surface area (TPSA) is 3.24 Å². The van der Waals surface area contributed by atoms with Gasteiger partial charge in [-0.15, -0.1) is 24.2 Å². The molecule has 1 rings (SSSR count). The molecular weight excluding hydrogens is 282 g/mol. The molecule has 0 aromatic rings. The maximum Gasteiger partial charge on any atom is 0.0445 e. The van der Waals surface area contributed by atoms with Gasteiger partial charge in [0.1, 0.15) is 0 Å². The second-order valence-corrected chi connectivity index (χ2v) is 7.19. The van der Waals surface area contributed by atoms with Gasteiger partial charge in [-0.25, -0.2) is 0 Å². The molecule has 1 aliphatic heterocycles. The summed E-state index contributed by atoms with van der Waals surface area (Å²) in [6.45, 7) is 4.94. The summed E-state index contributed by atoms with van der Waals surface area (Å²) in [4.78, 5) is 2.59. The molecule has 1 nitrogen and oxygen atoms in total. The first kappa shape index (κ1) is 18.9. The predicted molar refractivity (Wildman–Crippen MR) is 91.5 cm³/mol. The third kappa shape index (κ3) is 10.8. The SMILES string of the molecule is CCCCCCCCSCCCN1CCSC1.Cl. The van der Waals surface area contributed by atoms with Crippen molar-refractivity contribution in [3.05, 3.63) is 0 Å². The molecule has 0 bridgehead atoms. The minimum Gasteiger partial charge on any atom is -0.293 e. The molecule has 0 aliphatic carbocycles. The summed E-state index contributed by atoms with van der Waals surface area (Å²) < 4.78 is 0. The summed E-state index contributed by atoms with van der Waals surface area (Å²) in [6, 6.07) is 0. The standard InChI is InChI=1S/C14H29NS2.ClH/c1-2-3-4-5-6-7-11-16-12-8-9-15-10-13-17-14-15;/h2-14H2,1H3;1H. The van der Waals surface area contributed by atoms with Crippen molar-refractivity contribution in [1.29, 1.82) is 0 Å². The highest BCUT2D eigenvalue weighted by Gasteiger charge is 2.10. The first-order chi connectivity index (χ1) is 8.43. The van der Waals surface area contributed by atoms with Crippen LogP contribution in [0, 0.1) is 0 Å². The molecule has 18 heavy (non-hydrogen) atoms. The molecular formula is C14H30ClNS2. The Balaban J connectivity index is 0.00000289. The Hall–Kier alpha value is 0.950. The largest absolute Gasteiger partial charge is 0.293 e. The third-order valence-corrected chi connectivity index (χ3v) is 5.40. The Bertz CT molecular complexity index is 164. The Morgan fingerprint density at radius 2 is 1.72 bits per heavy atom. The molecule has 4 heteroatoms. The molecule has 0 amide bonds. The van der Waals surface area contributed by atoms with Gasteiger partial charge in [0.25, 0.3) is 0 Å². The summed E-state index contributed by atoms with van der Waals surface area (Å²) in [5.74, 6) is 5.39. The molecule has 0 spiro atoms. The van der Waals surface area contributed by atoms with Crippen molar-refractivity contribution in [1.82, 2.24) is 4.90 Å². The van der Waals surface area contributed by atoms with E-state index >= 15 is 0 Å². The molecule has 1 aliphatic rings. The molecule has 0 atom stereocenters. The second kappa shape index (κ2) is 14.4. The van der Waals surface area contributed by atoms with Crippen molar-refractivity contribution in [3.63, 3.8) is 0 Å². The van der Waals surface area contributed by atoms with E-state index in [1.54, 1.807) is 0 Å². The zero-order chi connectivity index (χ0) is 12.2. The molecule has 1 heterocycles. The van der Waals surface area contributed by atoms with Crippen LogP contribution >= 0.6 is 35.9 Å². The molecule has 0 radical (unpaired) electrons. The number of halogens is 1. The van der Waals surface area contributed by atoms with E-state index in [-0.39, 0.29) is 12.4 Å². The molecule has 0 aromatic heterocycles. The molecule has 0 aromatic carbocycles. The van der Waals surface area contributed by atoms with Crippen molar-refractivity contribution in [2.75, 3.05) is 36.2 Å². The smallest absolute Gasteiger partial charge is 0.0445 e. The van der Waals surface area contributed by atoms with Crippen molar-refractivity contribution >= 4 is 35.9 Å². The Morgan fingerprint density at radius 1 is 1.00 bits per heavy atom. The Morgan fingerprint density at radius 3 is 2.44 bits per heavy atom. The van der Waals surface area contributed by atoms with E-state index < -0.39 is 0 Å². The molecule has 0 unspecified atom stereocenters. The number of rotatable bonds is 11. The Kier molecular flexibility index (Phi) is 15.1. The van der Waals surface area contributed by atoms with Gasteiger partial charge in [-0.3, -0.25) is 4.90 Å². The van der Waals surface area contributed by atoms with Crippen LogP contribution < -0.4 is 0 Å². The quantitative estimate of drug-likeness (QED) is 0.500. The molecule has 1 fully saturated rings. The third-order valence-electron chi connectivity index (χ3n) is 3.23. The summed E-state index contributed by atoms with van der Waals surface area (Å²) in [7, 11) is 0. The number of unbranched alkanes of at least 4 members (excludes halogenated alkanes) is 5. The van der Waals surface area contributed by atoms with Crippen LogP contribution in [0.3, 0.4) is 0 Å². The van der Waals surface area contributed by atoms with E-state index in [1.807, 2.05) is 0 Å². The van der Waals surface area contributed by atoms with Gasteiger partial charge in [0.15, 0.2) is 0 Å². The second-order valence-electron chi connectivity index (χ2n) is 4.89. The summed E-state index contributed by atoms with van der Waals surface area (Å²) in [5.41, 5.74) is 0. The van der Waals surface area contributed by atoms with E-state index in [4.69, 9.17) is 0 Å². The van der Waals surface area contributed by atoms with Gasteiger partial charge in [-0.05, 0) is 30.9 Å². The fourth-order valence-corrected chi connectivity index (χ4v) is 4.08. The van der Waals surface area contributed by atoms with Gasteiger partial charge in [-0.1, -0.05) is 39.0 Å². The minimum atomic E-state index is 0. The lowest BCUT2D eigenvalue weighted by Gasteiger charge is -2.12. The van der Waals surface area contributed by atoms with Crippen LogP contribution in [-0.2, 0) is 0 Å². The average molecular weight is 312 g/mol. The van der Waals surface area contributed by atoms with Crippen molar-refractivity contribution in [3.8, 4) is 0 Å². The molecule has 110 valence electrons. The highest BCUT2D eigenvalue weighted by molar-refractivity contribution is 7.99. The number of hydrogen-bond donors (Lipinski definition) is 0. The van der Waals surface area contributed by atoms with Crippen LogP contribution in [0.15, 0.2) is 0 Å². The number of hydrogen-bond acceptors (Lipinski definition) is 3. The van der Waals surface area contributed by atoms with E-state index in [0.29, 0.717) is 0 Å². The van der Waals surface area contributed by atoms with E-state index in [0.717, 1.165) is 0 Å². The summed E-state index contributed by atoms with van der Waals surface area (Å²) in [5, 5.41) is 0. The normalized spacial score (nSPS) is 15.8. The average Bonchev–Trinajstić information content (AvgIpc) is 2.85. The van der Waals surface area contributed by atoms with Crippen molar-refractivity contribution < 1.29 is 0 Å². The zero-order valence-corrected chi connectivity index (χ0v) is 14.3. The van der Waals surface area contributed by atoms with Crippen LogP contribution in [0.4, 0.5) is 0 Å². The van der Waals surface area contributed by atoms with Gasteiger partial charge < -0.3 is 0 Å². The Labute approximate surface area is 129 Å². The van der Waals surface area contributed by atoms with Crippen molar-refractivity contribution in [2.24, 2.45) is 0 Å². The van der Waals surface area contributed by atoms with Crippen LogP contribution in [0.5, 0.6) is 0 Å². The van der Waals surface area contributed by atoms with Gasteiger partial charge in [0.05, 0.1) is 0 Å². The van der Waals surface area contributed by atoms with Crippen LogP contribution in [0.2, 0.25) is 0 Å². The lowest BCUT2D eigenvalue weighted by atomic mass is 10.1. The van der Waals surface area contributed by atoms with E-state index in [2.05, 4.69) is 35.3 Å². The lowest BCUT2D eigenvalue weighted by molar-refractivity contribution is 0.358. The molecule has 0 N–H and O–H groups in total. The maximum absolute atomic E-state index is 2.59. The minimum absolute atomic E-state index is 0. The fraction of sp³-hybridized carbons (Fsp3) is 1.00.